The number of nitrogens with zero attached hydrogens (tertiary/aromatic N) is 1. The van der Waals surface area contributed by atoms with Crippen molar-refractivity contribution in [1.82, 2.24) is 14.6 Å². The van der Waals surface area contributed by atoms with E-state index in [0.717, 1.165) is 30.5 Å². The number of nitrogens with one attached hydrogen (secondary N) is 2. The first-order valence-corrected chi connectivity index (χ1v) is 11.2. The van der Waals surface area contributed by atoms with Crippen LogP contribution in [-0.4, -0.2) is 36.2 Å². The molecule has 0 bridgehead atoms. The minimum Gasteiger partial charge on any atom is -0.348 e. The first kappa shape index (κ1) is 21.3. The molecular formula is C21H27N3O4S. The van der Waals surface area contributed by atoms with Crippen LogP contribution in [0.25, 0.3) is 0 Å². The Hall–Kier alpha value is -2.45. The van der Waals surface area contributed by atoms with Crippen molar-refractivity contribution < 1.29 is 13.2 Å². The minimum absolute atomic E-state index is 0.0533. The molecule has 8 heteroatoms. The van der Waals surface area contributed by atoms with Crippen LogP contribution in [0.15, 0.2) is 40.0 Å². The summed E-state index contributed by atoms with van der Waals surface area (Å²) in [5.74, 6) is -0.423. The van der Waals surface area contributed by atoms with Gasteiger partial charge in [0.15, 0.2) is 0 Å². The van der Waals surface area contributed by atoms with Gasteiger partial charge in [0, 0.05) is 36.0 Å². The van der Waals surface area contributed by atoms with E-state index in [-0.39, 0.29) is 28.6 Å². The first-order chi connectivity index (χ1) is 13.7. The summed E-state index contributed by atoms with van der Waals surface area (Å²) in [7, 11) is -3.65. The molecule has 1 amide bonds. The second-order valence-corrected chi connectivity index (χ2v) is 9.50. The highest BCUT2D eigenvalue weighted by atomic mass is 32.2. The van der Waals surface area contributed by atoms with Crippen LogP contribution in [0.2, 0.25) is 0 Å². The van der Waals surface area contributed by atoms with Crippen LogP contribution in [0.3, 0.4) is 0 Å². The number of hydrogen-bond donors (Lipinski definition) is 2. The molecule has 0 unspecified atom stereocenters. The third-order valence-corrected chi connectivity index (χ3v) is 7.37. The Morgan fingerprint density at radius 2 is 2.00 bits per heavy atom. The van der Waals surface area contributed by atoms with Crippen molar-refractivity contribution >= 4 is 15.9 Å². The molecule has 2 N–H and O–H groups in total. The molecule has 0 aliphatic carbocycles. The van der Waals surface area contributed by atoms with Crippen molar-refractivity contribution in [1.29, 1.82) is 0 Å². The molecule has 0 spiro atoms. The Morgan fingerprint density at radius 3 is 2.69 bits per heavy atom. The predicted octanol–water partition coefficient (Wildman–Crippen LogP) is 2.48. The van der Waals surface area contributed by atoms with Crippen molar-refractivity contribution in [3.63, 3.8) is 0 Å². The number of aromatic amines is 1. The van der Waals surface area contributed by atoms with E-state index in [0.29, 0.717) is 12.1 Å². The van der Waals surface area contributed by atoms with Gasteiger partial charge in [0.05, 0.1) is 4.90 Å². The van der Waals surface area contributed by atoms with E-state index in [9.17, 15) is 18.0 Å². The summed E-state index contributed by atoms with van der Waals surface area (Å²) in [6.45, 7) is 6.09. The zero-order chi connectivity index (χ0) is 21.2. The molecule has 1 aromatic heterocycles. The molecule has 1 aromatic carbocycles. The van der Waals surface area contributed by atoms with Gasteiger partial charge in [-0.3, -0.25) is 9.59 Å². The molecule has 0 saturated carbocycles. The van der Waals surface area contributed by atoms with E-state index in [4.69, 9.17) is 0 Å². The van der Waals surface area contributed by atoms with E-state index >= 15 is 0 Å². The molecule has 3 rings (SSSR count). The standard InChI is InChI=1S/C21H27N3O4S/c1-14-11-15(2)23-21(26)19(14)13-22-20(25)17-8-6-9-18(12-17)29(27,28)24-10-5-4-7-16(24)3/h6,8-9,11-12,16H,4-5,7,10,13H2,1-3H3,(H,22,25)(H,23,26)/t16-/m1/s1. The molecule has 2 aromatic rings. The minimum atomic E-state index is -3.65. The Bertz CT molecular complexity index is 1080. The van der Waals surface area contributed by atoms with Crippen LogP contribution in [0.4, 0.5) is 0 Å². The van der Waals surface area contributed by atoms with Crippen LogP contribution in [0, 0.1) is 13.8 Å². The highest BCUT2D eigenvalue weighted by molar-refractivity contribution is 7.89. The molecule has 29 heavy (non-hydrogen) atoms. The Kier molecular flexibility index (Phi) is 6.24. The number of aryl methyl sites for hydroxylation is 2. The number of carbonyl (C=O) groups excluding carboxylic acids is 1. The first-order valence-electron chi connectivity index (χ1n) is 9.79. The van der Waals surface area contributed by atoms with Gasteiger partial charge < -0.3 is 10.3 Å². The molecule has 0 radical (unpaired) electrons. The zero-order valence-electron chi connectivity index (χ0n) is 17.0. The van der Waals surface area contributed by atoms with Crippen molar-refractivity contribution in [2.24, 2.45) is 0 Å². The summed E-state index contributed by atoms with van der Waals surface area (Å²) in [5, 5.41) is 2.72. The summed E-state index contributed by atoms with van der Waals surface area (Å²) in [5.41, 5.74) is 2.04. The van der Waals surface area contributed by atoms with Gasteiger partial charge in [-0.05, 0) is 63.4 Å². The van der Waals surface area contributed by atoms with Crippen LogP contribution in [0.1, 0.15) is 53.4 Å². The van der Waals surface area contributed by atoms with E-state index in [1.54, 1.807) is 19.1 Å². The average molecular weight is 418 g/mol. The number of piperidine rings is 1. The number of aromatic nitrogens is 1. The smallest absolute Gasteiger partial charge is 0.253 e. The maximum atomic E-state index is 13.0. The second kappa shape index (κ2) is 8.51. The normalized spacial score (nSPS) is 17.8. The fourth-order valence-electron chi connectivity index (χ4n) is 3.73. The summed E-state index contributed by atoms with van der Waals surface area (Å²) in [6.07, 6.45) is 2.70. The monoisotopic (exact) mass is 417 g/mol. The molecular weight excluding hydrogens is 390 g/mol. The highest BCUT2D eigenvalue weighted by Crippen LogP contribution is 2.25. The lowest BCUT2D eigenvalue weighted by Crippen LogP contribution is -2.42. The molecule has 1 saturated heterocycles. The van der Waals surface area contributed by atoms with Gasteiger partial charge in [-0.1, -0.05) is 12.5 Å². The van der Waals surface area contributed by atoms with Crippen LogP contribution in [0.5, 0.6) is 0 Å². The lowest BCUT2D eigenvalue weighted by molar-refractivity contribution is 0.0950. The molecule has 2 heterocycles. The average Bonchev–Trinajstić information content (AvgIpc) is 2.67. The van der Waals surface area contributed by atoms with Crippen LogP contribution < -0.4 is 10.9 Å². The van der Waals surface area contributed by atoms with Crippen molar-refractivity contribution in [2.75, 3.05) is 6.54 Å². The van der Waals surface area contributed by atoms with Gasteiger partial charge in [0.2, 0.25) is 10.0 Å². The molecule has 7 nitrogen and oxygen atoms in total. The second-order valence-electron chi connectivity index (χ2n) is 7.61. The lowest BCUT2D eigenvalue weighted by Gasteiger charge is -2.32. The van der Waals surface area contributed by atoms with Gasteiger partial charge in [0.1, 0.15) is 0 Å². The molecule has 1 atom stereocenters. The number of rotatable bonds is 5. The number of carbonyl (C=O) groups is 1. The predicted molar refractivity (Wildman–Crippen MR) is 111 cm³/mol. The Balaban J connectivity index is 1.79. The third kappa shape index (κ3) is 4.59. The van der Waals surface area contributed by atoms with Gasteiger partial charge >= 0.3 is 0 Å². The quantitative estimate of drug-likeness (QED) is 0.781. The summed E-state index contributed by atoms with van der Waals surface area (Å²) >= 11 is 0. The van der Waals surface area contributed by atoms with E-state index in [2.05, 4.69) is 10.3 Å². The number of sulfonamides is 1. The maximum Gasteiger partial charge on any atom is 0.253 e. The number of amides is 1. The largest absolute Gasteiger partial charge is 0.348 e. The van der Waals surface area contributed by atoms with Crippen molar-refractivity contribution in [3.8, 4) is 0 Å². The van der Waals surface area contributed by atoms with Gasteiger partial charge in [-0.25, -0.2) is 8.42 Å². The fourth-order valence-corrected chi connectivity index (χ4v) is 5.48. The fraction of sp³-hybridized carbons (Fsp3) is 0.429. The number of pyridine rings is 1. The van der Waals surface area contributed by atoms with Crippen molar-refractivity contribution in [2.45, 2.75) is 57.5 Å². The summed E-state index contributed by atoms with van der Waals surface area (Å²) in [4.78, 5) is 27.5. The number of benzene rings is 1. The van der Waals surface area contributed by atoms with E-state index in [1.165, 1.54) is 16.4 Å². The van der Waals surface area contributed by atoms with Crippen LogP contribution in [-0.2, 0) is 16.6 Å². The van der Waals surface area contributed by atoms with Gasteiger partial charge in [-0.2, -0.15) is 4.31 Å². The van der Waals surface area contributed by atoms with Crippen molar-refractivity contribution in [3.05, 3.63) is 63.1 Å². The zero-order valence-corrected chi connectivity index (χ0v) is 17.8. The Morgan fingerprint density at radius 1 is 1.24 bits per heavy atom. The molecule has 156 valence electrons. The number of H-pyrrole nitrogens is 1. The molecule has 1 fully saturated rings. The number of hydrogen-bond acceptors (Lipinski definition) is 4. The summed E-state index contributed by atoms with van der Waals surface area (Å²) in [6, 6.07) is 7.85. The molecule has 1 aliphatic rings. The van der Waals surface area contributed by atoms with E-state index in [1.807, 2.05) is 19.9 Å². The summed E-state index contributed by atoms with van der Waals surface area (Å²) < 4.78 is 27.6. The van der Waals surface area contributed by atoms with Crippen LogP contribution >= 0.6 is 0 Å². The highest BCUT2D eigenvalue weighted by Gasteiger charge is 2.31. The SMILES string of the molecule is Cc1cc(C)c(CNC(=O)c2cccc(S(=O)(=O)N3CCCC[C@H]3C)c2)c(=O)[nH]1. The lowest BCUT2D eigenvalue weighted by atomic mass is 10.1. The third-order valence-electron chi connectivity index (χ3n) is 5.36. The molecule has 1 aliphatic heterocycles. The van der Waals surface area contributed by atoms with Gasteiger partial charge in [0.25, 0.3) is 11.5 Å². The topological polar surface area (TPSA) is 99.3 Å². The maximum absolute atomic E-state index is 13.0. The van der Waals surface area contributed by atoms with E-state index < -0.39 is 15.9 Å². The Labute approximate surface area is 171 Å². The van der Waals surface area contributed by atoms with Gasteiger partial charge in [-0.15, -0.1) is 0 Å².